The molecule has 0 amide bonds. The van der Waals surface area contributed by atoms with E-state index in [9.17, 15) is 0 Å². The molecule has 1 fully saturated rings. The Morgan fingerprint density at radius 2 is 2.11 bits per heavy atom. The fourth-order valence-electron chi connectivity index (χ4n) is 3.12. The van der Waals surface area contributed by atoms with E-state index in [2.05, 4.69) is 54.8 Å². The van der Waals surface area contributed by atoms with E-state index in [-0.39, 0.29) is 0 Å². The molecule has 2 N–H and O–H groups in total. The Bertz CT molecular complexity index is 344. The van der Waals surface area contributed by atoms with Gasteiger partial charge < -0.3 is 10.6 Å². The van der Waals surface area contributed by atoms with Gasteiger partial charge in [0.25, 0.3) is 0 Å². The van der Waals surface area contributed by atoms with Crippen LogP contribution in [0.1, 0.15) is 57.6 Å². The first-order valence-electron chi connectivity index (χ1n) is 7.84. The lowest BCUT2D eigenvalue weighted by atomic mass is 9.99. The third-order valence-electron chi connectivity index (χ3n) is 4.07. The van der Waals surface area contributed by atoms with Crippen molar-refractivity contribution >= 4 is 0 Å². The van der Waals surface area contributed by atoms with Crippen LogP contribution in [0.2, 0.25) is 0 Å². The van der Waals surface area contributed by atoms with Gasteiger partial charge in [0.15, 0.2) is 0 Å². The van der Waals surface area contributed by atoms with Crippen molar-refractivity contribution in [3.63, 3.8) is 0 Å². The summed E-state index contributed by atoms with van der Waals surface area (Å²) in [6.07, 6.45) is 6.37. The van der Waals surface area contributed by atoms with Gasteiger partial charge in [-0.15, -0.1) is 0 Å². The van der Waals surface area contributed by atoms with E-state index in [0.29, 0.717) is 12.1 Å². The lowest BCUT2D eigenvalue weighted by Crippen LogP contribution is -2.36. The summed E-state index contributed by atoms with van der Waals surface area (Å²) in [5.74, 6) is 0. The number of hydrogen-bond acceptors (Lipinski definition) is 2. The topological polar surface area (TPSA) is 24.1 Å². The van der Waals surface area contributed by atoms with Crippen molar-refractivity contribution in [3.05, 3.63) is 35.9 Å². The molecule has 0 bridgehead atoms. The molecule has 106 valence electrons. The Morgan fingerprint density at radius 3 is 2.74 bits per heavy atom. The molecular formula is C17H28N2. The van der Waals surface area contributed by atoms with Crippen LogP contribution < -0.4 is 10.6 Å². The van der Waals surface area contributed by atoms with Gasteiger partial charge in [-0.2, -0.15) is 0 Å². The Labute approximate surface area is 118 Å². The number of rotatable bonds is 7. The molecule has 3 unspecified atom stereocenters. The summed E-state index contributed by atoms with van der Waals surface area (Å²) in [5.41, 5.74) is 1.43. The molecule has 0 radical (unpaired) electrons. The minimum Gasteiger partial charge on any atom is -0.314 e. The van der Waals surface area contributed by atoms with Crippen molar-refractivity contribution in [3.8, 4) is 0 Å². The summed E-state index contributed by atoms with van der Waals surface area (Å²) in [4.78, 5) is 0. The summed E-state index contributed by atoms with van der Waals surface area (Å²) >= 11 is 0. The second-order valence-corrected chi connectivity index (χ2v) is 5.85. The highest BCUT2D eigenvalue weighted by Gasteiger charge is 2.19. The molecule has 1 aliphatic heterocycles. The third kappa shape index (κ3) is 4.63. The predicted molar refractivity (Wildman–Crippen MR) is 82.3 cm³/mol. The minimum atomic E-state index is 0.502. The maximum atomic E-state index is 3.82. The molecule has 0 aromatic heterocycles. The van der Waals surface area contributed by atoms with Crippen LogP contribution in [0.25, 0.3) is 0 Å². The molecule has 19 heavy (non-hydrogen) atoms. The molecule has 2 heteroatoms. The first-order chi connectivity index (χ1) is 9.29. The van der Waals surface area contributed by atoms with E-state index in [1.54, 1.807) is 0 Å². The van der Waals surface area contributed by atoms with Gasteiger partial charge in [-0.3, -0.25) is 0 Å². The first-order valence-corrected chi connectivity index (χ1v) is 7.84. The second kappa shape index (κ2) is 7.66. The van der Waals surface area contributed by atoms with Gasteiger partial charge >= 0.3 is 0 Å². The zero-order valence-corrected chi connectivity index (χ0v) is 12.4. The molecule has 1 saturated heterocycles. The van der Waals surface area contributed by atoms with Gasteiger partial charge in [-0.05, 0) is 44.7 Å². The van der Waals surface area contributed by atoms with Crippen LogP contribution in [0.3, 0.4) is 0 Å². The van der Waals surface area contributed by atoms with E-state index < -0.39 is 0 Å². The van der Waals surface area contributed by atoms with Crippen molar-refractivity contribution in [1.82, 2.24) is 10.6 Å². The lowest BCUT2D eigenvalue weighted by molar-refractivity contribution is 0.381. The van der Waals surface area contributed by atoms with Crippen LogP contribution in [0.15, 0.2) is 30.3 Å². The van der Waals surface area contributed by atoms with E-state index in [0.717, 1.165) is 6.04 Å². The van der Waals surface area contributed by atoms with Gasteiger partial charge in [-0.25, -0.2) is 0 Å². The van der Waals surface area contributed by atoms with Gasteiger partial charge in [0.2, 0.25) is 0 Å². The fourth-order valence-corrected chi connectivity index (χ4v) is 3.12. The summed E-state index contributed by atoms with van der Waals surface area (Å²) < 4.78 is 0. The van der Waals surface area contributed by atoms with Gasteiger partial charge in [-0.1, -0.05) is 43.7 Å². The summed E-state index contributed by atoms with van der Waals surface area (Å²) in [7, 11) is 0. The molecule has 2 rings (SSSR count). The number of nitrogens with one attached hydrogen (secondary N) is 2. The largest absolute Gasteiger partial charge is 0.314 e. The molecule has 2 nitrogen and oxygen atoms in total. The van der Waals surface area contributed by atoms with Crippen LogP contribution >= 0.6 is 0 Å². The van der Waals surface area contributed by atoms with Gasteiger partial charge in [0, 0.05) is 18.1 Å². The molecule has 1 heterocycles. The van der Waals surface area contributed by atoms with Crippen molar-refractivity contribution < 1.29 is 0 Å². The molecule has 0 saturated carbocycles. The molecule has 1 aliphatic rings. The average molecular weight is 260 g/mol. The first kappa shape index (κ1) is 14.5. The Kier molecular flexibility index (Phi) is 5.87. The number of hydrogen-bond donors (Lipinski definition) is 2. The van der Waals surface area contributed by atoms with E-state index in [1.807, 2.05) is 0 Å². The molecule has 1 aromatic rings. The van der Waals surface area contributed by atoms with Gasteiger partial charge in [0.1, 0.15) is 0 Å². The SMILES string of the molecule is CCCC(NC(C)CC1CCCN1)c1ccccc1. The smallest absolute Gasteiger partial charge is 0.0322 e. The highest BCUT2D eigenvalue weighted by molar-refractivity contribution is 5.18. The maximum Gasteiger partial charge on any atom is 0.0322 e. The van der Waals surface area contributed by atoms with Crippen molar-refractivity contribution in [2.75, 3.05) is 6.54 Å². The zero-order chi connectivity index (χ0) is 13.5. The van der Waals surface area contributed by atoms with Gasteiger partial charge in [0.05, 0.1) is 0 Å². The highest BCUT2D eigenvalue weighted by atomic mass is 15.0. The van der Waals surface area contributed by atoms with Crippen molar-refractivity contribution in [1.29, 1.82) is 0 Å². The molecule has 1 aromatic carbocycles. The lowest BCUT2D eigenvalue weighted by Gasteiger charge is -2.25. The van der Waals surface area contributed by atoms with Crippen molar-refractivity contribution in [2.24, 2.45) is 0 Å². The average Bonchev–Trinajstić information content (AvgIpc) is 2.92. The Morgan fingerprint density at radius 1 is 1.32 bits per heavy atom. The number of benzene rings is 1. The fraction of sp³-hybridized carbons (Fsp3) is 0.647. The normalized spacial score (nSPS) is 22.3. The second-order valence-electron chi connectivity index (χ2n) is 5.85. The molecule has 0 aliphatic carbocycles. The molecule has 3 atom stereocenters. The monoisotopic (exact) mass is 260 g/mol. The van der Waals surface area contributed by atoms with Crippen LogP contribution in [-0.2, 0) is 0 Å². The Hall–Kier alpha value is -0.860. The van der Waals surface area contributed by atoms with E-state index in [1.165, 1.54) is 44.2 Å². The van der Waals surface area contributed by atoms with E-state index >= 15 is 0 Å². The van der Waals surface area contributed by atoms with Crippen LogP contribution in [0.4, 0.5) is 0 Å². The molecule has 0 spiro atoms. The Balaban J connectivity index is 1.88. The van der Waals surface area contributed by atoms with Crippen LogP contribution in [-0.4, -0.2) is 18.6 Å². The van der Waals surface area contributed by atoms with Crippen LogP contribution in [0, 0.1) is 0 Å². The van der Waals surface area contributed by atoms with Crippen molar-refractivity contribution in [2.45, 2.75) is 64.1 Å². The highest BCUT2D eigenvalue weighted by Crippen LogP contribution is 2.20. The standard InChI is InChI=1S/C17H28N2/c1-3-8-17(15-9-5-4-6-10-15)19-14(2)13-16-11-7-12-18-16/h4-6,9-10,14,16-19H,3,7-8,11-13H2,1-2H3. The van der Waals surface area contributed by atoms with E-state index in [4.69, 9.17) is 0 Å². The summed E-state index contributed by atoms with van der Waals surface area (Å²) in [5, 5.41) is 7.41. The maximum absolute atomic E-state index is 3.82. The quantitative estimate of drug-likeness (QED) is 0.782. The summed E-state index contributed by atoms with van der Waals surface area (Å²) in [6.45, 7) is 5.79. The molecular weight excluding hydrogens is 232 g/mol. The minimum absolute atomic E-state index is 0.502. The zero-order valence-electron chi connectivity index (χ0n) is 12.4. The van der Waals surface area contributed by atoms with Crippen LogP contribution in [0.5, 0.6) is 0 Å². The third-order valence-corrected chi connectivity index (χ3v) is 4.07. The summed E-state index contributed by atoms with van der Waals surface area (Å²) in [6, 6.07) is 12.7. The predicted octanol–water partition coefficient (Wildman–Crippen LogP) is 3.65.